The first-order chi connectivity index (χ1) is 21.4. The Hall–Kier alpha value is -0.276. The summed E-state index contributed by atoms with van der Waals surface area (Å²) >= 11 is 0. The fourth-order valence-electron chi connectivity index (χ4n) is 10.3. The monoisotopic (exact) mass is 689 g/mol. The molecule has 0 aromatic rings. The number of fused-ring (bicyclic) bond motifs is 5. The maximum Gasteiger partial charge on any atom is 0.192 e. The molecule has 0 amide bonds. The van der Waals surface area contributed by atoms with Crippen molar-refractivity contribution in [1.29, 1.82) is 0 Å². The number of carbonyl (C=O) groups is 1. The van der Waals surface area contributed by atoms with Gasteiger partial charge in [0.25, 0.3) is 0 Å². The second-order valence-electron chi connectivity index (χ2n) is 20.8. The first-order valence-corrected chi connectivity index (χ1v) is 25.4. The van der Waals surface area contributed by atoms with Crippen molar-refractivity contribution >= 4 is 22.4 Å². The molecule has 0 saturated heterocycles. The maximum absolute atomic E-state index is 14.4. The number of rotatable bonds is 11. The van der Waals surface area contributed by atoms with Gasteiger partial charge in [0.15, 0.2) is 16.6 Å². The average Bonchev–Trinajstić information content (AvgIpc) is 3.18. The van der Waals surface area contributed by atoms with Crippen LogP contribution in [0.5, 0.6) is 0 Å². The Balaban J connectivity index is 1.44. The molecule has 47 heavy (non-hydrogen) atoms. The molecule has 0 aromatic heterocycles. The lowest BCUT2D eigenvalue weighted by Crippen LogP contribution is -2.57. The smallest absolute Gasteiger partial charge is 0.192 e. The van der Waals surface area contributed by atoms with E-state index >= 15 is 0 Å². The molecule has 0 radical (unpaired) electrons. The summed E-state index contributed by atoms with van der Waals surface area (Å²) in [7, 11) is -3.59. The lowest BCUT2D eigenvalue weighted by Gasteiger charge is -2.58. The minimum atomic E-state index is -1.85. The largest absolute Gasteiger partial charge is 0.417 e. The molecule has 6 heteroatoms. The number of ketones is 1. The van der Waals surface area contributed by atoms with Gasteiger partial charge in [0.05, 0.1) is 6.10 Å². The molecule has 1 N–H and O–H groups in total. The molecule has 4 aliphatic rings. The molecular weight excluding hydrogens is 613 g/mol. The summed E-state index contributed by atoms with van der Waals surface area (Å²) in [6.07, 6.45) is 11.5. The zero-order valence-electron chi connectivity index (χ0n) is 33.5. The van der Waals surface area contributed by atoms with Crippen LogP contribution in [0.15, 0.2) is 11.6 Å². The number of allylic oxidation sites excluding steroid dienone is 1. The molecular formula is C41H76O4Si2. The van der Waals surface area contributed by atoms with Crippen molar-refractivity contribution in [2.24, 2.45) is 52.3 Å². The number of Topliss-reactive ketones (excluding diaryl/α,β-unsaturated/α-hetero) is 1. The van der Waals surface area contributed by atoms with Crippen molar-refractivity contribution in [3.8, 4) is 0 Å². The summed E-state index contributed by atoms with van der Waals surface area (Å²) in [6.45, 7) is 36.2. The fraction of sp³-hybridized carbons (Fsp3) is 0.927. The van der Waals surface area contributed by atoms with E-state index < -0.39 is 16.6 Å². The summed E-state index contributed by atoms with van der Waals surface area (Å²) in [5.41, 5.74) is 1.27. The molecule has 4 rings (SSSR count). The Bertz CT molecular complexity index is 1150. The van der Waals surface area contributed by atoms with E-state index in [-0.39, 0.29) is 50.9 Å². The van der Waals surface area contributed by atoms with Crippen LogP contribution < -0.4 is 0 Å². The van der Waals surface area contributed by atoms with Crippen LogP contribution in [-0.4, -0.2) is 46.3 Å². The van der Waals surface area contributed by atoms with Crippen molar-refractivity contribution in [1.82, 2.24) is 0 Å². The van der Waals surface area contributed by atoms with Crippen LogP contribution in [-0.2, 0) is 13.6 Å². The van der Waals surface area contributed by atoms with Crippen LogP contribution >= 0.6 is 0 Å². The molecule has 3 saturated carbocycles. The summed E-state index contributed by atoms with van der Waals surface area (Å²) in [4.78, 5) is 14.4. The molecule has 4 nitrogen and oxygen atoms in total. The summed E-state index contributed by atoms with van der Waals surface area (Å²) < 4.78 is 13.5. The highest BCUT2D eigenvalue weighted by Crippen LogP contribution is 2.66. The number of aliphatic hydroxyl groups excluding tert-OH is 1. The van der Waals surface area contributed by atoms with Crippen LogP contribution in [0.4, 0.5) is 0 Å². The van der Waals surface area contributed by atoms with Gasteiger partial charge in [-0.15, -0.1) is 0 Å². The second-order valence-corrected chi connectivity index (χ2v) is 30.4. The van der Waals surface area contributed by atoms with Gasteiger partial charge in [-0.1, -0.05) is 94.2 Å². The van der Waals surface area contributed by atoms with Crippen molar-refractivity contribution in [2.45, 2.75) is 182 Å². The minimum absolute atomic E-state index is 0.0457. The molecule has 0 unspecified atom stereocenters. The molecule has 0 bridgehead atoms. The number of carbonyl (C=O) groups excluding carboxylic acids is 1. The van der Waals surface area contributed by atoms with Crippen LogP contribution in [0.1, 0.15) is 134 Å². The highest BCUT2D eigenvalue weighted by Gasteiger charge is 2.65. The predicted molar refractivity (Wildman–Crippen MR) is 204 cm³/mol. The highest BCUT2D eigenvalue weighted by molar-refractivity contribution is 6.74. The SMILES string of the molecule is CC(C)[C@@H](CCO[Si](C)(C)C(C)(C)C)CC[C@@H](C)[C@H]1C[C@@H](O)[C@H]2[C@@H]3CC=C4C[C@@H](O[Si](C)(C)C(C)(C)C)CC[C@]4(C)[C@H]3C(=O)C[C@@]21C. The van der Waals surface area contributed by atoms with Gasteiger partial charge in [0.1, 0.15) is 5.78 Å². The zero-order valence-corrected chi connectivity index (χ0v) is 35.5. The molecule has 272 valence electrons. The Morgan fingerprint density at radius 1 is 0.957 bits per heavy atom. The van der Waals surface area contributed by atoms with E-state index in [4.69, 9.17) is 8.85 Å². The van der Waals surface area contributed by atoms with Crippen molar-refractivity contribution in [3.63, 3.8) is 0 Å². The third-order valence-corrected chi connectivity index (χ3v) is 24.5. The maximum atomic E-state index is 14.4. The molecule has 0 aliphatic heterocycles. The van der Waals surface area contributed by atoms with Gasteiger partial charge in [-0.3, -0.25) is 4.79 Å². The van der Waals surface area contributed by atoms with Crippen LogP contribution in [0.2, 0.25) is 36.3 Å². The second kappa shape index (κ2) is 13.7. The lowest BCUT2D eigenvalue weighted by molar-refractivity contribution is -0.149. The first-order valence-electron chi connectivity index (χ1n) is 19.6. The van der Waals surface area contributed by atoms with Gasteiger partial charge in [0.2, 0.25) is 0 Å². The standard InChI is InChI=1S/C41H76O4Si2/c1-27(2)29(21-23-44-46(12,13)38(4,5)6)17-16-28(3)33-25-34(42)36-32-19-18-30-24-31(45-47(14,15)39(7,8)9)20-22-40(30,10)37(32)35(43)26-41(33,36)11/h18,27-29,31-34,36-37,42H,16-17,19-26H2,1-15H3/t28-,29-,31+,32+,33-,34-,36-,37-,40+,41-/m1/s1. The van der Waals surface area contributed by atoms with Crippen molar-refractivity contribution < 1.29 is 18.8 Å². The molecule has 3 fully saturated rings. The summed E-state index contributed by atoms with van der Waals surface area (Å²) in [5, 5.41) is 12.3. The Kier molecular flexibility index (Phi) is 11.5. The van der Waals surface area contributed by atoms with E-state index in [1.807, 2.05) is 0 Å². The van der Waals surface area contributed by atoms with E-state index in [9.17, 15) is 9.90 Å². The molecule has 4 aliphatic carbocycles. The van der Waals surface area contributed by atoms with E-state index in [0.29, 0.717) is 35.9 Å². The van der Waals surface area contributed by atoms with E-state index in [0.717, 1.165) is 45.1 Å². The number of hydrogen-bond donors (Lipinski definition) is 1. The third-order valence-electron chi connectivity index (χ3n) is 15.4. The van der Waals surface area contributed by atoms with Crippen LogP contribution in [0.25, 0.3) is 0 Å². The lowest BCUT2D eigenvalue weighted by atomic mass is 9.46. The predicted octanol–water partition coefficient (Wildman–Crippen LogP) is 11.2. The third kappa shape index (κ3) is 7.67. The van der Waals surface area contributed by atoms with Gasteiger partial charge >= 0.3 is 0 Å². The summed E-state index contributed by atoms with van der Waals surface area (Å²) in [5.74, 6) is 3.18. The average molecular weight is 689 g/mol. The zero-order chi connectivity index (χ0) is 35.5. The first kappa shape index (κ1) is 39.5. The van der Waals surface area contributed by atoms with E-state index in [2.05, 4.69) is 108 Å². The number of hydrogen-bond acceptors (Lipinski definition) is 4. The van der Waals surface area contributed by atoms with Gasteiger partial charge < -0.3 is 14.0 Å². The quantitative estimate of drug-likeness (QED) is 0.173. The minimum Gasteiger partial charge on any atom is -0.417 e. The van der Waals surface area contributed by atoms with Crippen LogP contribution in [0, 0.1) is 52.3 Å². The Labute approximate surface area is 293 Å². The van der Waals surface area contributed by atoms with E-state index in [1.54, 1.807) is 0 Å². The van der Waals surface area contributed by atoms with Gasteiger partial charge in [-0.25, -0.2) is 0 Å². The van der Waals surface area contributed by atoms with Gasteiger partial charge in [-0.05, 0) is 128 Å². The molecule has 0 spiro atoms. The van der Waals surface area contributed by atoms with Crippen LogP contribution in [0.3, 0.4) is 0 Å². The normalized spacial score (nSPS) is 36.4. The fourth-order valence-corrected chi connectivity index (χ4v) is 12.8. The Morgan fingerprint density at radius 3 is 2.15 bits per heavy atom. The van der Waals surface area contributed by atoms with Crippen molar-refractivity contribution in [2.75, 3.05) is 6.61 Å². The molecule has 0 heterocycles. The van der Waals surface area contributed by atoms with Gasteiger partial charge in [-0.2, -0.15) is 0 Å². The van der Waals surface area contributed by atoms with Crippen molar-refractivity contribution in [3.05, 3.63) is 11.6 Å². The number of aliphatic hydroxyl groups is 1. The topological polar surface area (TPSA) is 55.8 Å². The molecule has 0 aromatic carbocycles. The highest BCUT2D eigenvalue weighted by atomic mass is 28.4. The summed E-state index contributed by atoms with van der Waals surface area (Å²) in [6, 6.07) is 0. The van der Waals surface area contributed by atoms with Gasteiger partial charge in [0, 0.05) is 25.0 Å². The molecule has 10 atom stereocenters. The van der Waals surface area contributed by atoms with E-state index in [1.165, 1.54) is 18.4 Å². The Morgan fingerprint density at radius 2 is 1.57 bits per heavy atom.